The van der Waals surface area contributed by atoms with Crippen molar-refractivity contribution in [2.75, 3.05) is 0 Å². The van der Waals surface area contributed by atoms with Gasteiger partial charge in [-0.1, -0.05) is 0 Å². The second-order valence-electron chi connectivity index (χ2n) is 3.78. The van der Waals surface area contributed by atoms with Crippen molar-refractivity contribution >= 4 is 0 Å². The fourth-order valence-electron chi connectivity index (χ4n) is 1.56. The number of halogens is 3. The van der Waals surface area contributed by atoms with Gasteiger partial charge in [-0.25, -0.2) is 0 Å². The SMILES string of the molecule is N#Cc1ccc(=O)n(-c2ccc(OC(F)(F)F)cc2)c1. The van der Waals surface area contributed by atoms with Crippen LogP contribution < -0.4 is 10.3 Å². The highest BCUT2D eigenvalue weighted by Crippen LogP contribution is 2.23. The molecule has 0 N–H and O–H groups in total. The summed E-state index contributed by atoms with van der Waals surface area (Å²) in [4.78, 5) is 11.6. The molecule has 1 aromatic heterocycles. The van der Waals surface area contributed by atoms with Crippen molar-refractivity contribution in [1.82, 2.24) is 4.57 Å². The highest BCUT2D eigenvalue weighted by Gasteiger charge is 2.30. The van der Waals surface area contributed by atoms with E-state index in [1.54, 1.807) is 0 Å². The summed E-state index contributed by atoms with van der Waals surface area (Å²) in [6.45, 7) is 0. The molecule has 0 saturated carbocycles. The van der Waals surface area contributed by atoms with Crippen LogP contribution in [0, 0.1) is 11.3 Å². The molecule has 0 radical (unpaired) electrons. The van der Waals surface area contributed by atoms with Crippen LogP contribution in [-0.4, -0.2) is 10.9 Å². The van der Waals surface area contributed by atoms with E-state index in [9.17, 15) is 18.0 Å². The predicted octanol–water partition coefficient (Wildman–Crippen LogP) is 2.61. The molecule has 1 heterocycles. The fourth-order valence-corrected chi connectivity index (χ4v) is 1.56. The molecule has 4 nitrogen and oxygen atoms in total. The quantitative estimate of drug-likeness (QED) is 0.849. The summed E-state index contributed by atoms with van der Waals surface area (Å²) in [7, 11) is 0. The van der Waals surface area contributed by atoms with Crippen molar-refractivity contribution in [3.63, 3.8) is 0 Å². The van der Waals surface area contributed by atoms with Crippen LogP contribution in [0.3, 0.4) is 0 Å². The van der Waals surface area contributed by atoms with Crippen molar-refractivity contribution in [1.29, 1.82) is 5.26 Å². The highest BCUT2D eigenvalue weighted by atomic mass is 19.4. The summed E-state index contributed by atoms with van der Waals surface area (Å²) in [6, 6.07) is 9.22. The molecule has 2 aromatic rings. The molecule has 0 unspecified atom stereocenters. The lowest BCUT2D eigenvalue weighted by Gasteiger charge is -2.10. The number of nitrogens with zero attached hydrogens (tertiary/aromatic N) is 2. The van der Waals surface area contributed by atoms with E-state index >= 15 is 0 Å². The molecule has 102 valence electrons. The topological polar surface area (TPSA) is 55.0 Å². The Kier molecular flexibility index (Phi) is 3.48. The molecule has 2 rings (SSSR count). The van der Waals surface area contributed by atoms with E-state index in [2.05, 4.69) is 4.74 Å². The van der Waals surface area contributed by atoms with Gasteiger partial charge >= 0.3 is 6.36 Å². The Morgan fingerprint density at radius 3 is 2.30 bits per heavy atom. The first-order valence-corrected chi connectivity index (χ1v) is 5.38. The van der Waals surface area contributed by atoms with Crippen LogP contribution in [0.15, 0.2) is 47.4 Å². The van der Waals surface area contributed by atoms with Gasteiger partial charge in [0.1, 0.15) is 11.8 Å². The second kappa shape index (κ2) is 5.09. The van der Waals surface area contributed by atoms with E-state index in [1.807, 2.05) is 6.07 Å². The summed E-state index contributed by atoms with van der Waals surface area (Å²) in [5.41, 5.74) is 0.204. The van der Waals surface area contributed by atoms with Gasteiger partial charge in [-0.2, -0.15) is 5.26 Å². The smallest absolute Gasteiger partial charge is 0.406 e. The summed E-state index contributed by atoms with van der Waals surface area (Å²) >= 11 is 0. The molecule has 0 bridgehead atoms. The third-order valence-corrected chi connectivity index (χ3v) is 2.39. The molecular weight excluding hydrogens is 273 g/mol. The zero-order valence-electron chi connectivity index (χ0n) is 9.89. The van der Waals surface area contributed by atoms with Gasteiger partial charge < -0.3 is 4.74 Å². The van der Waals surface area contributed by atoms with Gasteiger partial charge in [0.15, 0.2) is 0 Å². The molecule has 1 aromatic carbocycles. The van der Waals surface area contributed by atoms with Gasteiger partial charge in [-0.05, 0) is 30.3 Å². The second-order valence-corrected chi connectivity index (χ2v) is 3.78. The number of rotatable bonds is 2. The van der Waals surface area contributed by atoms with Crippen LogP contribution >= 0.6 is 0 Å². The Balaban J connectivity index is 2.36. The molecule has 0 fully saturated rings. The largest absolute Gasteiger partial charge is 0.573 e. The monoisotopic (exact) mass is 280 g/mol. The van der Waals surface area contributed by atoms with Crippen LogP contribution in [0.4, 0.5) is 13.2 Å². The number of hydrogen-bond donors (Lipinski definition) is 0. The maximum Gasteiger partial charge on any atom is 0.573 e. The first-order valence-electron chi connectivity index (χ1n) is 5.38. The lowest BCUT2D eigenvalue weighted by atomic mass is 10.2. The van der Waals surface area contributed by atoms with Gasteiger partial charge in [-0.3, -0.25) is 9.36 Å². The van der Waals surface area contributed by atoms with Crippen LogP contribution in [0.1, 0.15) is 5.56 Å². The third kappa shape index (κ3) is 3.17. The molecule has 20 heavy (non-hydrogen) atoms. The molecule has 0 aliphatic carbocycles. The molecular formula is C13H7F3N2O2. The number of ether oxygens (including phenoxy) is 1. The zero-order valence-corrected chi connectivity index (χ0v) is 9.89. The van der Waals surface area contributed by atoms with Gasteiger partial charge in [0, 0.05) is 18.0 Å². The third-order valence-electron chi connectivity index (χ3n) is 2.39. The number of benzene rings is 1. The average Bonchev–Trinajstić information content (AvgIpc) is 2.39. The normalized spacial score (nSPS) is 10.9. The highest BCUT2D eigenvalue weighted by molar-refractivity contribution is 5.39. The van der Waals surface area contributed by atoms with E-state index in [0.29, 0.717) is 5.69 Å². The summed E-state index contributed by atoms with van der Waals surface area (Å²) < 4.78 is 40.9. The lowest BCUT2D eigenvalue weighted by molar-refractivity contribution is -0.274. The van der Waals surface area contributed by atoms with E-state index in [0.717, 1.165) is 16.7 Å². The number of nitriles is 1. The Labute approximate surface area is 111 Å². The van der Waals surface area contributed by atoms with E-state index in [-0.39, 0.29) is 11.3 Å². The van der Waals surface area contributed by atoms with Crippen molar-refractivity contribution in [2.45, 2.75) is 6.36 Å². The minimum absolute atomic E-state index is 0.264. The molecule has 0 aliphatic rings. The summed E-state index contributed by atoms with van der Waals surface area (Å²) in [5.74, 6) is -0.384. The predicted molar refractivity (Wildman–Crippen MR) is 63.4 cm³/mol. The minimum atomic E-state index is -4.76. The summed E-state index contributed by atoms with van der Waals surface area (Å²) in [6.07, 6.45) is -3.46. The maximum atomic E-state index is 12.0. The van der Waals surface area contributed by atoms with Crippen molar-refractivity contribution < 1.29 is 17.9 Å². The number of pyridine rings is 1. The van der Waals surface area contributed by atoms with E-state index < -0.39 is 11.9 Å². The Morgan fingerprint density at radius 1 is 1.10 bits per heavy atom. The van der Waals surface area contributed by atoms with E-state index in [4.69, 9.17) is 5.26 Å². The van der Waals surface area contributed by atoms with Gasteiger partial charge in [0.05, 0.1) is 5.56 Å². The Bertz CT molecular complexity index is 712. The van der Waals surface area contributed by atoms with Gasteiger partial charge in [-0.15, -0.1) is 13.2 Å². The average molecular weight is 280 g/mol. The fraction of sp³-hybridized carbons (Fsp3) is 0.0769. The molecule has 0 saturated heterocycles. The first-order chi connectivity index (χ1) is 9.39. The lowest BCUT2D eigenvalue weighted by Crippen LogP contribution is -2.18. The Hall–Kier alpha value is -2.75. The number of aromatic nitrogens is 1. The van der Waals surface area contributed by atoms with Gasteiger partial charge in [0.25, 0.3) is 5.56 Å². The Morgan fingerprint density at radius 2 is 1.75 bits per heavy atom. The van der Waals surface area contributed by atoms with Crippen molar-refractivity contribution in [3.8, 4) is 17.5 Å². The van der Waals surface area contributed by atoms with Crippen LogP contribution in [0.2, 0.25) is 0 Å². The summed E-state index contributed by atoms with van der Waals surface area (Å²) in [5, 5.41) is 8.76. The molecule has 0 amide bonds. The van der Waals surface area contributed by atoms with Crippen LogP contribution in [-0.2, 0) is 0 Å². The van der Waals surface area contributed by atoms with Crippen LogP contribution in [0.25, 0.3) is 5.69 Å². The van der Waals surface area contributed by atoms with Crippen molar-refractivity contribution in [3.05, 3.63) is 58.5 Å². The molecule has 0 atom stereocenters. The maximum absolute atomic E-state index is 12.0. The zero-order chi connectivity index (χ0) is 14.8. The molecule has 0 spiro atoms. The van der Waals surface area contributed by atoms with Gasteiger partial charge in [0.2, 0.25) is 0 Å². The molecule has 0 aliphatic heterocycles. The van der Waals surface area contributed by atoms with E-state index in [1.165, 1.54) is 30.5 Å². The minimum Gasteiger partial charge on any atom is -0.406 e. The molecule has 7 heteroatoms. The first kappa shape index (κ1) is 13.7. The number of hydrogen-bond acceptors (Lipinski definition) is 3. The number of alkyl halides is 3. The standard InChI is InChI=1S/C13H7F3N2O2/c14-13(15,16)20-11-4-2-10(3-5-11)18-8-9(7-17)1-6-12(18)19/h1-6,8H. The van der Waals surface area contributed by atoms with Crippen LogP contribution in [0.5, 0.6) is 5.75 Å². The van der Waals surface area contributed by atoms with Crippen molar-refractivity contribution in [2.24, 2.45) is 0 Å².